The Hall–Kier alpha value is -2.96. The molecule has 0 aliphatic carbocycles. The van der Waals surface area contributed by atoms with Crippen LogP contribution < -0.4 is 9.74 Å². The smallest absolute Gasteiger partial charge is 0.295 e. The largest absolute Gasteiger partial charge is 0.440 e. The number of anilines is 1. The molecular formula is C13H11N5O2. The third kappa shape index (κ3) is 2.16. The van der Waals surface area contributed by atoms with Crippen molar-refractivity contribution in [2.24, 2.45) is 0 Å². The van der Waals surface area contributed by atoms with Crippen LogP contribution in [0.25, 0.3) is 11.2 Å². The van der Waals surface area contributed by atoms with Gasteiger partial charge in [-0.1, -0.05) is 18.2 Å². The molecule has 1 amide bonds. The molecule has 0 radical (unpaired) electrons. The lowest BCUT2D eigenvalue weighted by Gasteiger charge is -2.15. The highest BCUT2D eigenvalue weighted by Gasteiger charge is 2.16. The molecule has 20 heavy (non-hydrogen) atoms. The minimum atomic E-state index is -0.575. The first-order valence-electron chi connectivity index (χ1n) is 5.93. The Kier molecular flexibility index (Phi) is 3.00. The number of hydrogen-bond donors (Lipinski definition) is 0. The highest BCUT2D eigenvalue weighted by molar-refractivity contribution is 5.87. The maximum atomic E-state index is 12.0. The lowest BCUT2D eigenvalue weighted by molar-refractivity contribution is 0.126. The lowest BCUT2D eigenvalue weighted by atomic mass is 10.3. The molecule has 0 fully saturated rings. The van der Waals surface area contributed by atoms with Crippen molar-refractivity contribution in [3.8, 4) is 0 Å². The van der Waals surface area contributed by atoms with Crippen molar-refractivity contribution in [2.45, 2.75) is 0 Å². The maximum absolute atomic E-state index is 12.0. The van der Waals surface area contributed by atoms with Crippen LogP contribution in [-0.2, 0) is 0 Å². The van der Waals surface area contributed by atoms with Gasteiger partial charge in [-0.05, 0) is 34.3 Å². The van der Waals surface area contributed by atoms with E-state index < -0.39 is 6.09 Å². The second-order valence-electron chi connectivity index (χ2n) is 4.06. The summed E-state index contributed by atoms with van der Waals surface area (Å²) < 4.78 is 0. The Morgan fingerprint density at radius 2 is 2.00 bits per heavy atom. The van der Waals surface area contributed by atoms with Crippen LogP contribution in [0, 0.1) is 0 Å². The zero-order valence-corrected chi connectivity index (χ0v) is 10.7. The normalized spacial score (nSPS) is 10.4. The van der Waals surface area contributed by atoms with Gasteiger partial charge in [-0.15, -0.1) is 5.10 Å². The van der Waals surface area contributed by atoms with Gasteiger partial charge in [0.05, 0.1) is 0 Å². The molecule has 0 aliphatic heterocycles. The van der Waals surface area contributed by atoms with E-state index in [9.17, 15) is 4.79 Å². The van der Waals surface area contributed by atoms with Crippen LogP contribution in [0.15, 0.2) is 48.7 Å². The van der Waals surface area contributed by atoms with Gasteiger partial charge in [0, 0.05) is 18.9 Å². The van der Waals surface area contributed by atoms with E-state index >= 15 is 0 Å². The summed E-state index contributed by atoms with van der Waals surface area (Å²) in [7, 11) is 1.62. The third-order valence-corrected chi connectivity index (χ3v) is 2.76. The van der Waals surface area contributed by atoms with Crippen LogP contribution >= 0.6 is 0 Å². The van der Waals surface area contributed by atoms with E-state index in [2.05, 4.69) is 15.3 Å². The minimum Gasteiger partial charge on any atom is -0.295 e. The number of carbonyl (C=O) groups excluding carboxylic acids is 1. The molecule has 0 N–H and O–H groups in total. The Bertz CT molecular complexity index is 741. The molecule has 3 aromatic rings. The number of fused-ring (bicyclic) bond motifs is 1. The molecule has 7 nitrogen and oxygen atoms in total. The fourth-order valence-corrected chi connectivity index (χ4v) is 1.70. The first-order chi connectivity index (χ1) is 9.75. The van der Waals surface area contributed by atoms with Gasteiger partial charge in [0.25, 0.3) is 0 Å². The van der Waals surface area contributed by atoms with Crippen molar-refractivity contribution in [1.82, 2.24) is 20.1 Å². The number of amides is 1. The van der Waals surface area contributed by atoms with Gasteiger partial charge < -0.3 is 0 Å². The summed E-state index contributed by atoms with van der Waals surface area (Å²) in [5.41, 5.74) is 1.67. The number of aromatic nitrogens is 4. The van der Waals surface area contributed by atoms with Crippen molar-refractivity contribution >= 4 is 22.9 Å². The number of rotatable bonds is 2. The number of pyridine rings is 1. The van der Waals surface area contributed by atoms with Gasteiger partial charge in [-0.3, -0.25) is 9.74 Å². The molecule has 0 saturated carbocycles. The second kappa shape index (κ2) is 4.96. The summed E-state index contributed by atoms with van der Waals surface area (Å²) in [5.74, 6) is 0. The van der Waals surface area contributed by atoms with Crippen LogP contribution in [0.4, 0.5) is 10.5 Å². The van der Waals surface area contributed by atoms with Gasteiger partial charge in [-0.2, -0.15) is 0 Å². The molecule has 0 unspecified atom stereocenters. The molecule has 1 aromatic carbocycles. The van der Waals surface area contributed by atoms with Crippen molar-refractivity contribution in [3.05, 3.63) is 48.7 Å². The number of benzene rings is 1. The third-order valence-electron chi connectivity index (χ3n) is 2.76. The van der Waals surface area contributed by atoms with E-state index in [1.165, 1.54) is 4.90 Å². The number of hydrogen-bond acceptors (Lipinski definition) is 5. The Balaban J connectivity index is 1.82. The summed E-state index contributed by atoms with van der Waals surface area (Å²) in [6, 6.07) is 12.6. The molecule has 0 saturated heterocycles. The Morgan fingerprint density at radius 3 is 2.80 bits per heavy atom. The zero-order chi connectivity index (χ0) is 13.9. The zero-order valence-electron chi connectivity index (χ0n) is 10.7. The fourth-order valence-electron chi connectivity index (χ4n) is 1.70. The SMILES string of the molecule is CN(C(=O)On1nnc2cccnc21)c1ccccc1. The molecule has 7 heteroatoms. The van der Waals surface area contributed by atoms with Gasteiger partial charge in [0.2, 0.25) is 5.65 Å². The predicted octanol–water partition coefficient (Wildman–Crippen LogP) is 1.51. The molecule has 0 spiro atoms. The van der Waals surface area contributed by atoms with E-state index in [4.69, 9.17) is 4.84 Å². The topological polar surface area (TPSA) is 73.1 Å². The van der Waals surface area contributed by atoms with Gasteiger partial charge >= 0.3 is 6.09 Å². The van der Waals surface area contributed by atoms with Crippen LogP contribution in [0.3, 0.4) is 0 Å². The van der Waals surface area contributed by atoms with Crippen molar-refractivity contribution < 1.29 is 9.63 Å². The van der Waals surface area contributed by atoms with Gasteiger partial charge in [0.15, 0.2) is 0 Å². The Labute approximate surface area is 114 Å². The van der Waals surface area contributed by atoms with E-state index in [1.807, 2.05) is 18.2 Å². The van der Waals surface area contributed by atoms with Crippen LogP contribution in [-0.4, -0.2) is 33.3 Å². The number of nitrogens with zero attached hydrogens (tertiary/aromatic N) is 5. The van der Waals surface area contributed by atoms with Gasteiger partial charge in [-0.25, -0.2) is 9.78 Å². The Morgan fingerprint density at radius 1 is 1.20 bits per heavy atom. The summed E-state index contributed by atoms with van der Waals surface area (Å²) >= 11 is 0. The summed E-state index contributed by atoms with van der Waals surface area (Å²) in [6.45, 7) is 0. The van der Waals surface area contributed by atoms with Crippen LogP contribution in [0.2, 0.25) is 0 Å². The highest BCUT2D eigenvalue weighted by Crippen LogP contribution is 2.12. The number of carbonyl (C=O) groups is 1. The molecule has 2 aromatic heterocycles. The average Bonchev–Trinajstić information content (AvgIpc) is 2.91. The predicted molar refractivity (Wildman–Crippen MR) is 72.1 cm³/mol. The van der Waals surface area contributed by atoms with Gasteiger partial charge in [0.1, 0.15) is 5.52 Å². The molecular weight excluding hydrogens is 258 g/mol. The summed E-state index contributed by atoms with van der Waals surface area (Å²) in [4.78, 5) is 23.6. The molecule has 0 atom stereocenters. The molecule has 100 valence electrons. The number of para-hydroxylation sites is 1. The van der Waals surface area contributed by atoms with Crippen molar-refractivity contribution in [1.29, 1.82) is 0 Å². The molecule has 0 aliphatic rings. The second-order valence-corrected chi connectivity index (χ2v) is 4.06. The molecule has 3 rings (SSSR count). The van der Waals surface area contributed by atoms with E-state index in [1.54, 1.807) is 37.5 Å². The van der Waals surface area contributed by atoms with Crippen molar-refractivity contribution in [3.63, 3.8) is 0 Å². The van der Waals surface area contributed by atoms with Crippen LogP contribution in [0.1, 0.15) is 0 Å². The first kappa shape index (κ1) is 12.1. The summed E-state index contributed by atoms with van der Waals surface area (Å²) in [6.07, 6.45) is 1.00. The van der Waals surface area contributed by atoms with E-state index in [0.29, 0.717) is 11.2 Å². The monoisotopic (exact) mass is 269 g/mol. The van der Waals surface area contributed by atoms with Crippen molar-refractivity contribution in [2.75, 3.05) is 11.9 Å². The van der Waals surface area contributed by atoms with E-state index in [0.717, 1.165) is 10.5 Å². The first-order valence-corrected chi connectivity index (χ1v) is 5.93. The maximum Gasteiger partial charge on any atom is 0.440 e. The molecule has 0 bridgehead atoms. The minimum absolute atomic E-state index is 0.391. The quantitative estimate of drug-likeness (QED) is 0.659. The highest BCUT2D eigenvalue weighted by atomic mass is 16.7. The average molecular weight is 269 g/mol. The molecule has 2 heterocycles. The van der Waals surface area contributed by atoms with Crippen LogP contribution in [0.5, 0.6) is 0 Å². The lowest BCUT2D eigenvalue weighted by Crippen LogP contribution is -2.34. The fraction of sp³-hybridized carbons (Fsp3) is 0.0769. The van der Waals surface area contributed by atoms with E-state index in [-0.39, 0.29) is 0 Å². The summed E-state index contributed by atoms with van der Waals surface area (Å²) in [5, 5.41) is 7.60. The standard InChI is InChI=1S/C13H11N5O2/c1-17(10-6-3-2-4-7-10)13(19)20-18-12-11(15-16-18)8-5-9-14-12/h2-9H,1H3.